The van der Waals surface area contributed by atoms with Gasteiger partial charge in [0, 0.05) is 12.4 Å². The third kappa shape index (κ3) is 1.55. The quantitative estimate of drug-likeness (QED) is 0.630. The van der Waals surface area contributed by atoms with Crippen LogP contribution in [0.1, 0.15) is 31.0 Å². The lowest BCUT2D eigenvalue weighted by Crippen LogP contribution is -2.32. The van der Waals surface area contributed by atoms with Crippen molar-refractivity contribution in [3.8, 4) is 5.88 Å². The van der Waals surface area contributed by atoms with E-state index in [4.69, 9.17) is 10.6 Å². The summed E-state index contributed by atoms with van der Waals surface area (Å²) in [7, 11) is 1.64. The zero-order chi connectivity index (χ0) is 13.0. The van der Waals surface area contributed by atoms with Crippen LogP contribution in [0.25, 0.3) is 0 Å². The van der Waals surface area contributed by atoms with Crippen LogP contribution >= 0.6 is 0 Å². The van der Waals surface area contributed by atoms with Gasteiger partial charge in [-0.2, -0.15) is 0 Å². The van der Waals surface area contributed by atoms with Gasteiger partial charge in [-0.15, -0.1) is 0 Å². The Hall–Kier alpha value is -1.20. The topological polar surface area (TPSA) is 73.1 Å². The summed E-state index contributed by atoms with van der Waals surface area (Å²) in [6, 6.07) is 0.0852. The maximum Gasteiger partial charge on any atom is 0.237 e. The Bertz CT molecular complexity index is 478. The standard InChI is InChI=1S/C14H20N4O/c1-19-14-13(16-4-5-17-14)12(18-15)11-9-7-2-3-8(6-7)10(9)11/h4-5,7-12,18H,2-3,6,15H2,1H3. The molecule has 0 radical (unpaired) electrons. The maximum atomic E-state index is 5.81. The van der Waals surface area contributed by atoms with Gasteiger partial charge >= 0.3 is 0 Å². The zero-order valence-electron chi connectivity index (χ0n) is 11.1. The molecule has 3 aliphatic carbocycles. The summed E-state index contributed by atoms with van der Waals surface area (Å²) in [6.07, 6.45) is 7.65. The largest absolute Gasteiger partial charge is 0.480 e. The SMILES string of the molecule is COc1nccnc1C(NN)C1C2C3CCC(C3)C21. The molecule has 3 N–H and O–H groups in total. The van der Waals surface area contributed by atoms with Gasteiger partial charge in [0.1, 0.15) is 5.69 Å². The van der Waals surface area contributed by atoms with Crippen LogP contribution in [-0.2, 0) is 0 Å². The molecule has 4 rings (SSSR count). The van der Waals surface area contributed by atoms with Gasteiger partial charge in [-0.25, -0.2) is 4.98 Å². The number of rotatable bonds is 4. The first-order chi connectivity index (χ1) is 9.35. The summed E-state index contributed by atoms with van der Waals surface area (Å²) in [5.41, 5.74) is 3.84. The minimum atomic E-state index is 0.0852. The second-order valence-electron chi connectivity index (χ2n) is 6.16. The monoisotopic (exact) mass is 260 g/mol. The normalized spacial score (nSPS) is 40.0. The first-order valence-corrected chi connectivity index (χ1v) is 7.16. The molecule has 3 saturated carbocycles. The van der Waals surface area contributed by atoms with Crippen LogP contribution in [0, 0.1) is 29.6 Å². The second kappa shape index (κ2) is 4.15. The number of fused-ring (bicyclic) bond motifs is 5. The molecule has 3 fully saturated rings. The van der Waals surface area contributed by atoms with Crippen LogP contribution in [0.15, 0.2) is 12.4 Å². The number of hydrazine groups is 1. The predicted octanol–water partition coefficient (Wildman–Crippen LogP) is 1.28. The summed E-state index contributed by atoms with van der Waals surface area (Å²) >= 11 is 0. The van der Waals surface area contributed by atoms with Gasteiger partial charge in [0.2, 0.25) is 5.88 Å². The van der Waals surface area contributed by atoms with Crippen molar-refractivity contribution in [3.63, 3.8) is 0 Å². The Morgan fingerprint density at radius 2 is 1.95 bits per heavy atom. The number of nitrogens with zero attached hydrogens (tertiary/aromatic N) is 2. The summed E-state index contributed by atoms with van der Waals surface area (Å²) in [4.78, 5) is 8.69. The fourth-order valence-corrected chi connectivity index (χ4v) is 4.92. The lowest BCUT2D eigenvalue weighted by atomic mass is 9.96. The minimum absolute atomic E-state index is 0.0852. The molecular weight excluding hydrogens is 240 g/mol. The van der Waals surface area contributed by atoms with E-state index in [9.17, 15) is 0 Å². The first kappa shape index (κ1) is 11.6. The van der Waals surface area contributed by atoms with Gasteiger partial charge in [-0.3, -0.25) is 16.3 Å². The Labute approximate surface area is 112 Å². The van der Waals surface area contributed by atoms with E-state index in [-0.39, 0.29) is 6.04 Å². The van der Waals surface area contributed by atoms with Gasteiger partial charge < -0.3 is 4.74 Å². The van der Waals surface area contributed by atoms with E-state index in [1.807, 2.05) is 0 Å². The van der Waals surface area contributed by atoms with Gasteiger partial charge in [-0.05, 0) is 48.9 Å². The van der Waals surface area contributed by atoms with Gasteiger partial charge in [-0.1, -0.05) is 0 Å². The highest BCUT2D eigenvalue weighted by atomic mass is 16.5. The summed E-state index contributed by atoms with van der Waals surface area (Å²) in [5.74, 6) is 10.6. The molecular formula is C14H20N4O. The van der Waals surface area contributed by atoms with Crippen LogP contribution in [0.5, 0.6) is 5.88 Å². The van der Waals surface area contributed by atoms with E-state index in [1.54, 1.807) is 19.5 Å². The van der Waals surface area contributed by atoms with E-state index in [0.29, 0.717) is 11.8 Å². The molecule has 2 bridgehead atoms. The van der Waals surface area contributed by atoms with Gasteiger partial charge in [0.05, 0.1) is 13.2 Å². The van der Waals surface area contributed by atoms with Crippen molar-refractivity contribution in [1.29, 1.82) is 0 Å². The Morgan fingerprint density at radius 1 is 1.26 bits per heavy atom. The maximum absolute atomic E-state index is 5.81. The molecule has 5 atom stereocenters. The van der Waals surface area contributed by atoms with Crippen LogP contribution in [-0.4, -0.2) is 17.1 Å². The molecule has 5 heteroatoms. The van der Waals surface area contributed by atoms with E-state index in [0.717, 1.165) is 29.4 Å². The number of nitrogens with two attached hydrogens (primary N) is 1. The molecule has 5 unspecified atom stereocenters. The van der Waals surface area contributed by atoms with Gasteiger partial charge in [0.15, 0.2) is 0 Å². The zero-order valence-corrected chi connectivity index (χ0v) is 11.1. The third-order valence-corrected chi connectivity index (χ3v) is 5.54. The van der Waals surface area contributed by atoms with E-state index in [2.05, 4.69) is 15.4 Å². The number of nitrogens with one attached hydrogen (secondary N) is 1. The van der Waals surface area contributed by atoms with Crippen molar-refractivity contribution in [3.05, 3.63) is 18.1 Å². The number of hydrogen-bond donors (Lipinski definition) is 2. The fourth-order valence-electron chi connectivity index (χ4n) is 4.92. The highest BCUT2D eigenvalue weighted by Crippen LogP contribution is 2.72. The summed E-state index contributed by atoms with van der Waals surface area (Å²) in [5, 5.41) is 0. The molecule has 1 aromatic heterocycles. The van der Waals surface area contributed by atoms with E-state index in [1.165, 1.54) is 19.3 Å². The fraction of sp³-hybridized carbons (Fsp3) is 0.714. The number of methoxy groups -OCH3 is 1. The molecule has 1 heterocycles. The van der Waals surface area contributed by atoms with Crippen molar-refractivity contribution < 1.29 is 4.74 Å². The summed E-state index contributed by atoms with van der Waals surface area (Å²) < 4.78 is 5.33. The molecule has 0 aromatic carbocycles. The van der Waals surface area contributed by atoms with Crippen LogP contribution in [0.3, 0.4) is 0 Å². The third-order valence-electron chi connectivity index (χ3n) is 5.54. The average molecular weight is 260 g/mol. The smallest absolute Gasteiger partial charge is 0.237 e. The second-order valence-corrected chi connectivity index (χ2v) is 6.16. The van der Waals surface area contributed by atoms with Crippen LogP contribution in [0.2, 0.25) is 0 Å². The molecule has 5 nitrogen and oxygen atoms in total. The lowest BCUT2D eigenvalue weighted by Gasteiger charge is -2.20. The summed E-state index contributed by atoms with van der Waals surface area (Å²) in [6.45, 7) is 0. The van der Waals surface area contributed by atoms with Gasteiger partial charge in [0.25, 0.3) is 0 Å². The van der Waals surface area contributed by atoms with Crippen LogP contribution in [0.4, 0.5) is 0 Å². The predicted molar refractivity (Wildman–Crippen MR) is 69.9 cm³/mol. The van der Waals surface area contributed by atoms with Crippen molar-refractivity contribution in [2.24, 2.45) is 35.4 Å². The molecule has 0 saturated heterocycles. The van der Waals surface area contributed by atoms with Crippen molar-refractivity contribution >= 4 is 0 Å². The Balaban J connectivity index is 1.63. The first-order valence-electron chi connectivity index (χ1n) is 7.16. The highest BCUT2D eigenvalue weighted by molar-refractivity contribution is 5.27. The van der Waals surface area contributed by atoms with Crippen molar-refractivity contribution in [2.75, 3.05) is 7.11 Å². The molecule has 1 aromatic rings. The van der Waals surface area contributed by atoms with Crippen LogP contribution < -0.4 is 16.0 Å². The van der Waals surface area contributed by atoms with Crippen molar-refractivity contribution in [1.82, 2.24) is 15.4 Å². The Kier molecular flexibility index (Phi) is 2.53. The average Bonchev–Trinajstić information content (AvgIpc) is 2.88. The highest BCUT2D eigenvalue weighted by Gasteiger charge is 2.67. The molecule has 0 aliphatic heterocycles. The molecule has 0 amide bonds. The minimum Gasteiger partial charge on any atom is -0.480 e. The number of ether oxygens (including phenoxy) is 1. The lowest BCUT2D eigenvalue weighted by molar-refractivity contribution is 0.339. The van der Waals surface area contributed by atoms with E-state index < -0.39 is 0 Å². The number of hydrogen-bond acceptors (Lipinski definition) is 5. The van der Waals surface area contributed by atoms with E-state index >= 15 is 0 Å². The number of aromatic nitrogens is 2. The molecule has 19 heavy (non-hydrogen) atoms. The van der Waals surface area contributed by atoms with Crippen molar-refractivity contribution in [2.45, 2.75) is 25.3 Å². The molecule has 0 spiro atoms. The molecule has 3 aliphatic rings. The molecule has 102 valence electrons. The Morgan fingerprint density at radius 3 is 2.58 bits per heavy atom.